The van der Waals surface area contributed by atoms with E-state index < -0.39 is 4.92 Å². The van der Waals surface area contributed by atoms with Crippen LogP contribution in [-0.4, -0.2) is 16.5 Å². The van der Waals surface area contributed by atoms with Gasteiger partial charge in [0.2, 0.25) is 5.91 Å². The summed E-state index contributed by atoms with van der Waals surface area (Å²) in [6, 6.07) is 6.03. The van der Waals surface area contributed by atoms with Gasteiger partial charge in [0.25, 0.3) is 5.69 Å². The molecule has 2 atom stereocenters. The third-order valence-electron chi connectivity index (χ3n) is 6.34. The first-order valence-corrected chi connectivity index (χ1v) is 8.33. The molecule has 2 saturated carbocycles. The van der Waals surface area contributed by atoms with Crippen molar-refractivity contribution in [3.05, 3.63) is 39.9 Å². The van der Waals surface area contributed by atoms with Crippen LogP contribution in [0.2, 0.25) is 0 Å². The quantitative estimate of drug-likeness (QED) is 0.678. The van der Waals surface area contributed by atoms with Gasteiger partial charge in [0.1, 0.15) is 0 Å². The van der Waals surface area contributed by atoms with Crippen molar-refractivity contribution in [2.75, 3.05) is 0 Å². The van der Waals surface area contributed by atoms with Crippen LogP contribution in [0.4, 0.5) is 5.69 Å². The molecule has 1 aromatic carbocycles. The van der Waals surface area contributed by atoms with E-state index in [1.807, 2.05) is 0 Å². The maximum absolute atomic E-state index is 12.1. The Kier molecular flexibility index (Phi) is 3.94. The van der Waals surface area contributed by atoms with E-state index in [0.29, 0.717) is 5.92 Å². The molecule has 1 aromatic rings. The number of fused-ring (bicyclic) bond motifs is 2. The lowest BCUT2D eigenvalue weighted by molar-refractivity contribution is -0.384. The van der Waals surface area contributed by atoms with Gasteiger partial charge >= 0.3 is 0 Å². The van der Waals surface area contributed by atoms with E-state index in [9.17, 15) is 14.9 Å². The molecule has 128 valence electrons. The number of carbonyl (C=O) groups excluding carboxylic acids is 1. The monoisotopic (exact) mass is 329 g/mol. The summed E-state index contributed by atoms with van der Waals surface area (Å²) in [5.41, 5.74) is 4.83. The zero-order valence-corrected chi connectivity index (χ0v) is 14.3. The van der Waals surface area contributed by atoms with Crippen LogP contribution in [0, 0.1) is 26.9 Å². The number of hydrazone groups is 1. The lowest BCUT2D eigenvalue weighted by Gasteiger charge is -2.34. The number of nitro groups is 1. The van der Waals surface area contributed by atoms with Gasteiger partial charge in [-0.3, -0.25) is 14.9 Å². The number of nitrogens with zero attached hydrogens (tertiary/aromatic N) is 2. The van der Waals surface area contributed by atoms with E-state index >= 15 is 0 Å². The first kappa shape index (κ1) is 16.6. The van der Waals surface area contributed by atoms with Crippen molar-refractivity contribution in [2.24, 2.45) is 21.8 Å². The van der Waals surface area contributed by atoms with Gasteiger partial charge in [-0.25, -0.2) is 5.43 Å². The Morgan fingerprint density at radius 3 is 2.50 bits per heavy atom. The molecule has 0 saturated heterocycles. The van der Waals surface area contributed by atoms with Crippen molar-refractivity contribution in [1.29, 1.82) is 0 Å². The third-order valence-corrected chi connectivity index (χ3v) is 6.34. The molecule has 0 heterocycles. The van der Waals surface area contributed by atoms with Crippen LogP contribution < -0.4 is 5.43 Å². The van der Waals surface area contributed by atoms with Crippen LogP contribution in [0.25, 0.3) is 0 Å². The normalized spacial score (nSPS) is 29.0. The maximum atomic E-state index is 12.1. The molecule has 0 spiro atoms. The Bertz CT molecular complexity index is 709. The molecule has 0 unspecified atom stereocenters. The zero-order chi connectivity index (χ0) is 17.5. The second kappa shape index (κ2) is 5.69. The Morgan fingerprint density at radius 1 is 1.33 bits per heavy atom. The molecule has 24 heavy (non-hydrogen) atoms. The van der Waals surface area contributed by atoms with Crippen molar-refractivity contribution >= 4 is 17.3 Å². The minimum atomic E-state index is -0.451. The van der Waals surface area contributed by atoms with Crippen molar-refractivity contribution < 1.29 is 9.72 Å². The fourth-order valence-electron chi connectivity index (χ4n) is 4.19. The smallest absolute Gasteiger partial charge is 0.269 e. The molecule has 3 rings (SSSR count). The zero-order valence-electron chi connectivity index (χ0n) is 14.3. The van der Waals surface area contributed by atoms with E-state index in [4.69, 9.17) is 0 Å². The number of carbonyl (C=O) groups is 1. The van der Waals surface area contributed by atoms with Gasteiger partial charge in [-0.15, -0.1) is 0 Å². The molecule has 6 heteroatoms. The van der Waals surface area contributed by atoms with Crippen molar-refractivity contribution in [3.8, 4) is 0 Å². The third kappa shape index (κ3) is 2.60. The van der Waals surface area contributed by atoms with E-state index in [1.165, 1.54) is 18.6 Å². The number of non-ortho nitro benzene ring substituents is 1. The molecule has 6 nitrogen and oxygen atoms in total. The summed E-state index contributed by atoms with van der Waals surface area (Å²) in [5.74, 6) is 0.452. The van der Waals surface area contributed by atoms with Crippen LogP contribution in [0.1, 0.15) is 45.6 Å². The molecular formula is C18H23N3O3. The number of hydrogen-bond acceptors (Lipinski definition) is 4. The van der Waals surface area contributed by atoms with Gasteiger partial charge in [0.15, 0.2) is 0 Å². The molecule has 0 radical (unpaired) electrons. The summed E-state index contributed by atoms with van der Waals surface area (Å²) in [6.45, 7) is 6.85. The second-order valence-electron chi connectivity index (χ2n) is 7.69. The van der Waals surface area contributed by atoms with Gasteiger partial charge < -0.3 is 0 Å². The summed E-state index contributed by atoms with van der Waals surface area (Å²) < 4.78 is 0. The van der Waals surface area contributed by atoms with Gasteiger partial charge in [0.05, 0.1) is 11.3 Å². The average Bonchev–Trinajstić information content (AvgIpc) is 2.86. The predicted octanol–water partition coefficient (Wildman–Crippen LogP) is 3.46. The highest BCUT2D eigenvalue weighted by Crippen LogP contribution is 2.63. The lowest BCUT2D eigenvalue weighted by atomic mass is 9.70. The highest BCUT2D eigenvalue weighted by Gasteiger charge is 2.59. The molecule has 0 aromatic heterocycles. The first-order valence-electron chi connectivity index (χ1n) is 8.33. The highest BCUT2D eigenvalue weighted by molar-refractivity contribution is 5.95. The molecule has 1 amide bonds. The SMILES string of the molecule is CC1(C)[C@H]2CC[C@]1(C)/C(=N/NC(=O)Cc1ccc([N+](=O)[O-])cc1)C2. The Hall–Kier alpha value is -2.24. The molecular weight excluding hydrogens is 306 g/mol. The maximum Gasteiger partial charge on any atom is 0.269 e. The molecule has 2 aliphatic rings. The number of benzene rings is 1. The standard InChI is InChI=1S/C18H23N3O3/c1-17(2)13-8-9-18(17,3)15(11-13)19-20-16(22)10-12-4-6-14(7-5-12)21(23)24/h4-7,13H,8-11H2,1-3H3,(H,20,22)/b19-15+/t13-,18+/m0/s1. The van der Waals surface area contributed by atoms with Crippen LogP contribution in [0.5, 0.6) is 0 Å². The van der Waals surface area contributed by atoms with Crippen LogP contribution in [0.3, 0.4) is 0 Å². The van der Waals surface area contributed by atoms with E-state index in [1.54, 1.807) is 12.1 Å². The summed E-state index contributed by atoms with van der Waals surface area (Å²) in [7, 11) is 0. The van der Waals surface area contributed by atoms with Crippen LogP contribution in [0.15, 0.2) is 29.4 Å². The van der Waals surface area contributed by atoms with Gasteiger partial charge in [-0.1, -0.05) is 32.9 Å². The highest BCUT2D eigenvalue weighted by atomic mass is 16.6. The molecule has 2 aliphatic carbocycles. The Morgan fingerprint density at radius 2 is 2.00 bits per heavy atom. The Labute approximate surface area is 141 Å². The van der Waals surface area contributed by atoms with E-state index in [0.717, 1.165) is 24.1 Å². The fourth-order valence-corrected chi connectivity index (χ4v) is 4.19. The van der Waals surface area contributed by atoms with E-state index in [2.05, 4.69) is 31.3 Å². The molecule has 2 fully saturated rings. The molecule has 1 N–H and O–H groups in total. The van der Waals surface area contributed by atoms with Crippen LogP contribution >= 0.6 is 0 Å². The van der Waals surface area contributed by atoms with Gasteiger partial charge in [-0.2, -0.15) is 5.10 Å². The summed E-state index contributed by atoms with van der Waals surface area (Å²) in [4.78, 5) is 22.3. The summed E-state index contributed by atoms with van der Waals surface area (Å²) in [6.07, 6.45) is 3.49. The van der Waals surface area contributed by atoms with Crippen LogP contribution in [-0.2, 0) is 11.2 Å². The van der Waals surface area contributed by atoms with Crippen molar-refractivity contribution in [1.82, 2.24) is 5.43 Å². The number of nitrogens with one attached hydrogen (secondary N) is 1. The number of hydrogen-bond donors (Lipinski definition) is 1. The number of rotatable bonds is 4. The molecule has 0 aliphatic heterocycles. The first-order chi connectivity index (χ1) is 11.2. The van der Waals surface area contributed by atoms with Crippen molar-refractivity contribution in [2.45, 2.75) is 46.5 Å². The fraction of sp³-hybridized carbons (Fsp3) is 0.556. The lowest BCUT2D eigenvalue weighted by Crippen LogP contribution is -2.34. The van der Waals surface area contributed by atoms with Crippen molar-refractivity contribution in [3.63, 3.8) is 0 Å². The van der Waals surface area contributed by atoms with Gasteiger partial charge in [-0.05, 0) is 36.2 Å². The Balaban J connectivity index is 1.63. The number of nitro benzene ring substituents is 1. The summed E-state index contributed by atoms with van der Waals surface area (Å²) in [5, 5.41) is 15.1. The topological polar surface area (TPSA) is 84.6 Å². The minimum absolute atomic E-state index is 0.0246. The molecule has 2 bridgehead atoms. The summed E-state index contributed by atoms with van der Waals surface area (Å²) >= 11 is 0. The van der Waals surface area contributed by atoms with Gasteiger partial charge in [0, 0.05) is 23.3 Å². The second-order valence-corrected chi connectivity index (χ2v) is 7.69. The minimum Gasteiger partial charge on any atom is -0.273 e. The largest absolute Gasteiger partial charge is 0.273 e. The predicted molar refractivity (Wildman–Crippen MR) is 91.6 cm³/mol. The van der Waals surface area contributed by atoms with E-state index in [-0.39, 0.29) is 28.8 Å². The number of amides is 1. The average molecular weight is 329 g/mol.